The number of ether oxygens (including phenoxy) is 2. The van der Waals surface area contributed by atoms with Crippen molar-refractivity contribution in [1.29, 1.82) is 0 Å². The van der Waals surface area contributed by atoms with Gasteiger partial charge in [-0.25, -0.2) is 4.79 Å². The van der Waals surface area contributed by atoms with Gasteiger partial charge in [-0.3, -0.25) is 19.8 Å². The minimum atomic E-state index is -0.813. The number of carbonyl (C=O) groups is 2. The predicted molar refractivity (Wildman–Crippen MR) is 87.0 cm³/mol. The van der Waals surface area contributed by atoms with Crippen molar-refractivity contribution in [3.8, 4) is 0 Å². The monoisotopic (exact) mass is 346 g/mol. The highest BCUT2D eigenvalue weighted by molar-refractivity contribution is 5.90. The summed E-state index contributed by atoms with van der Waals surface area (Å²) in [4.78, 5) is 36.6. The number of esters is 2. The minimum absolute atomic E-state index is 0.0961. The number of nitrogens with zero attached hydrogens (tertiary/aromatic N) is 2. The summed E-state index contributed by atoms with van der Waals surface area (Å²) in [6.07, 6.45) is 0.387. The normalized spacial score (nSPS) is 25.5. The Labute approximate surface area is 144 Å². The van der Waals surface area contributed by atoms with E-state index in [9.17, 15) is 19.7 Å². The van der Waals surface area contributed by atoms with Crippen LogP contribution in [0, 0.1) is 10.1 Å². The fourth-order valence-corrected chi connectivity index (χ4v) is 3.62. The molecular formula is C17H18N2O6. The van der Waals surface area contributed by atoms with E-state index in [1.54, 1.807) is 0 Å². The van der Waals surface area contributed by atoms with Crippen LogP contribution in [-0.2, 0) is 14.3 Å². The molecular weight excluding hydrogens is 328 g/mol. The van der Waals surface area contributed by atoms with Gasteiger partial charge in [0, 0.05) is 31.6 Å². The summed E-state index contributed by atoms with van der Waals surface area (Å²) in [5.41, 5.74) is 0.271. The first-order valence-electron chi connectivity index (χ1n) is 7.81. The summed E-state index contributed by atoms with van der Waals surface area (Å²) in [5, 5.41) is 10.7. The fourth-order valence-electron chi connectivity index (χ4n) is 3.62. The molecule has 0 radical (unpaired) electrons. The predicted octanol–water partition coefficient (Wildman–Crippen LogP) is 1.70. The van der Waals surface area contributed by atoms with Gasteiger partial charge in [0.05, 0.1) is 17.6 Å². The molecule has 2 heterocycles. The summed E-state index contributed by atoms with van der Waals surface area (Å²) < 4.78 is 10.4. The maximum absolute atomic E-state index is 12.3. The highest BCUT2D eigenvalue weighted by Gasteiger charge is 2.56. The van der Waals surface area contributed by atoms with Gasteiger partial charge in [0.15, 0.2) is 0 Å². The molecule has 0 bridgehead atoms. The highest BCUT2D eigenvalue weighted by Crippen LogP contribution is 2.42. The van der Waals surface area contributed by atoms with E-state index in [0.29, 0.717) is 25.9 Å². The summed E-state index contributed by atoms with van der Waals surface area (Å²) in [7, 11) is 1.34. The van der Waals surface area contributed by atoms with Crippen LogP contribution in [0.3, 0.4) is 0 Å². The average molecular weight is 346 g/mol. The molecule has 8 nitrogen and oxygen atoms in total. The molecule has 0 saturated carbocycles. The number of fused-ring (bicyclic) bond motifs is 1. The lowest BCUT2D eigenvalue weighted by Crippen LogP contribution is -2.46. The molecule has 25 heavy (non-hydrogen) atoms. The van der Waals surface area contributed by atoms with E-state index in [4.69, 9.17) is 9.47 Å². The minimum Gasteiger partial charge on any atom is -0.468 e. The van der Waals surface area contributed by atoms with E-state index in [2.05, 4.69) is 6.58 Å². The van der Waals surface area contributed by atoms with Gasteiger partial charge in [0.25, 0.3) is 5.69 Å². The Kier molecular flexibility index (Phi) is 4.30. The Morgan fingerprint density at radius 2 is 2.04 bits per heavy atom. The average Bonchev–Trinajstić information content (AvgIpc) is 3.06. The lowest BCUT2D eigenvalue weighted by molar-refractivity contribution is -0.384. The first kappa shape index (κ1) is 17.1. The Bertz CT molecular complexity index is 744. The van der Waals surface area contributed by atoms with Crippen LogP contribution in [0.25, 0.3) is 0 Å². The van der Waals surface area contributed by atoms with Crippen molar-refractivity contribution >= 4 is 17.6 Å². The second-order valence-electron chi connectivity index (χ2n) is 6.37. The third-order valence-electron chi connectivity index (χ3n) is 4.70. The zero-order valence-electron chi connectivity index (χ0n) is 13.8. The van der Waals surface area contributed by atoms with Crippen molar-refractivity contribution in [3.05, 3.63) is 52.1 Å². The quantitative estimate of drug-likeness (QED) is 0.354. The molecule has 1 aromatic rings. The first-order valence-corrected chi connectivity index (χ1v) is 7.81. The third kappa shape index (κ3) is 3.00. The van der Waals surface area contributed by atoms with Gasteiger partial charge in [-0.05, 0) is 18.6 Å². The lowest BCUT2D eigenvalue weighted by atomic mass is 9.92. The number of hydrogen-bond acceptors (Lipinski definition) is 7. The molecule has 0 amide bonds. The third-order valence-corrected chi connectivity index (χ3v) is 4.70. The SMILES string of the molecule is C=C1CN2C[C@H](OC(=O)c3ccc([N+](=O)[O-])cc3)C[C@]2(C(=O)OC)C1. The zero-order valence-corrected chi connectivity index (χ0v) is 13.8. The summed E-state index contributed by atoms with van der Waals surface area (Å²) >= 11 is 0. The van der Waals surface area contributed by atoms with Crippen molar-refractivity contribution in [2.75, 3.05) is 20.2 Å². The molecule has 0 aliphatic carbocycles. The van der Waals surface area contributed by atoms with E-state index in [1.807, 2.05) is 4.90 Å². The Morgan fingerprint density at radius 3 is 2.64 bits per heavy atom. The molecule has 8 heteroatoms. The molecule has 2 atom stereocenters. The molecule has 2 fully saturated rings. The van der Waals surface area contributed by atoms with Crippen molar-refractivity contribution < 1.29 is 24.0 Å². The van der Waals surface area contributed by atoms with Crippen LogP contribution in [0.15, 0.2) is 36.4 Å². The van der Waals surface area contributed by atoms with E-state index < -0.39 is 22.5 Å². The van der Waals surface area contributed by atoms with Crippen LogP contribution in [0.2, 0.25) is 0 Å². The first-order chi connectivity index (χ1) is 11.9. The fraction of sp³-hybridized carbons (Fsp3) is 0.412. The summed E-state index contributed by atoms with van der Waals surface area (Å²) in [6.45, 7) is 4.94. The molecule has 132 valence electrons. The molecule has 0 spiro atoms. The van der Waals surface area contributed by atoms with Gasteiger partial charge in [-0.1, -0.05) is 12.2 Å². The van der Waals surface area contributed by atoms with Crippen molar-refractivity contribution in [3.63, 3.8) is 0 Å². The molecule has 2 saturated heterocycles. The molecule has 2 aliphatic heterocycles. The second kappa shape index (κ2) is 6.29. The van der Waals surface area contributed by atoms with Gasteiger partial charge in [-0.15, -0.1) is 0 Å². The second-order valence-corrected chi connectivity index (χ2v) is 6.37. The topological polar surface area (TPSA) is 99.0 Å². The number of benzene rings is 1. The van der Waals surface area contributed by atoms with E-state index in [0.717, 1.165) is 5.57 Å². The van der Waals surface area contributed by atoms with Crippen molar-refractivity contribution in [2.24, 2.45) is 0 Å². The van der Waals surface area contributed by atoms with Crippen LogP contribution in [0.5, 0.6) is 0 Å². The zero-order chi connectivity index (χ0) is 18.2. The number of methoxy groups -OCH3 is 1. The molecule has 0 unspecified atom stereocenters. The van der Waals surface area contributed by atoms with Crippen LogP contribution in [-0.4, -0.2) is 53.6 Å². The van der Waals surface area contributed by atoms with Gasteiger partial charge in [0.2, 0.25) is 0 Å². The molecule has 2 aliphatic rings. The highest BCUT2D eigenvalue weighted by atomic mass is 16.6. The maximum Gasteiger partial charge on any atom is 0.338 e. The summed E-state index contributed by atoms with van der Waals surface area (Å²) in [6, 6.07) is 5.22. The number of nitro benzene ring substituents is 1. The van der Waals surface area contributed by atoms with Crippen LogP contribution in [0.4, 0.5) is 5.69 Å². The Hall–Kier alpha value is -2.74. The van der Waals surface area contributed by atoms with Crippen LogP contribution < -0.4 is 0 Å². The lowest BCUT2D eigenvalue weighted by Gasteiger charge is -2.27. The molecule has 3 rings (SSSR count). The van der Waals surface area contributed by atoms with Crippen LogP contribution in [0.1, 0.15) is 23.2 Å². The number of rotatable bonds is 4. The van der Waals surface area contributed by atoms with Crippen molar-refractivity contribution in [1.82, 2.24) is 4.90 Å². The molecule has 1 aromatic carbocycles. The molecule has 0 N–H and O–H groups in total. The Morgan fingerprint density at radius 1 is 1.36 bits per heavy atom. The van der Waals surface area contributed by atoms with E-state index >= 15 is 0 Å². The maximum atomic E-state index is 12.3. The standard InChI is InChI=1S/C17H18N2O6/c1-11-7-17(16(21)24-2)8-14(10-18(17)9-11)25-15(20)12-3-5-13(6-4-12)19(22)23/h3-6,14H,1,7-10H2,2H3/t14-,17+/m1/s1. The largest absolute Gasteiger partial charge is 0.468 e. The summed E-state index contributed by atoms with van der Waals surface area (Å²) in [5.74, 6) is -0.917. The smallest absolute Gasteiger partial charge is 0.338 e. The van der Waals surface area contributed by atoms with Crippen molar-refractivity contribution in [2.45, 2.75) is 24.5 Å². The van der Waals surface area contributed by atoms with Crippen LogP contribution >= 0.6 is 0 Å². The van der Waals surface area contributed by atoms with E-state index in [-0.39, 0.29) is 17.2 Å². The Balaban J connectivity index is 1.70. The van der Waals surface area contributed by atoms with Gasteiger partial charge in [0.1, 0.15) is 11.6 Å². The molecule has 0 aromatic heterocycles. The number of non-ortho nitro benzene ring substituents is 1. The number of hydrogen-bond donors (Lipinski definition) is 0. The van der Waals surface area contributed by atoms with Gasteiger partial charge < -0.3 is 9.47 Å². The number of nitro groups is 1. The van der Waals surface area contributed by atoms with E-state index in [1.165, 1.54) is 31.4 Å². The van der Waals surface area contributed by atoms with Gasteiger partial charge in [-0.2, -0.15) is 0 Å². The number of carbonyl (C=O) groups excluding carboxylic acids is 2. The van der Waals surface area contributed by atoms with Gasteiger partial charge >= 0.3 is 11.9 Å².